The number of carbonyl (C=O) groups is 1. The predicted molar refractivity (Wildman–Crippen MR) is 73.9 cm³/mol. The maximum Gasteiger partial charge on any atom is 0.329 e. The van der Waals surface area contributed by atoms with Gasteiger partial charge in [0.15, 0.2) is 0 Å². The molecule has 3 nitrogen and oxygen atoms in total. The van der Waals surface area contributed by atoms with Gasteiger partial charge in [-0.1, -0.05) is 43.3 Å². The molecule has 2 aromatic carbocycles. The lowest BCUT2D eigenvalue weighted by molar-refractivity contribution is -0.141. The summed E-state index contributed by atoms with van der Waals surface area (Å²) in [4.78, 5) is 11.3. The van der Waals surface area contributed by atoms with Gasteiger partial charge >= 0.3 is 5.97 Å². The minimum Gasteiger partial charge on any atom is -0.480 e. The first-order chi connectivity index (χ1) is 8.57. The van der Waals surface area contributed by atoms with Gasteiger partial charge in [-0.3, -0.25) is 0 Å². The Hall–Kier alpha value is -2.03. The van der Waals surface area contributed by atoms with Crippen molar-refractivity contribution in [3.05, 3.63) is 42.5 Å². The lowest BCUT2D eigenvalue weighted by atomic mass is 9.97. The first kappa shape index (κ1) is 12.4. The zero-order valence-corrected chi connectivity index (χ0v) is 10.6. The molecule has 2 rings (SSSR count). The topological polar surface area (TPSA) is 49.3 Å². The number of carboxylic acids is 1. The fourth-order valence-corrected chi connectivity index (χ4v) is 1.92. The number of hydrogen-bond donors (Lipinski definition) is 2. The van der Waals surface area contributed by atoms with Gasteiger partial charge in [-0.15, -0.1) is 0 Å². The average Bonchev–Trinajstić information content (AvgIpc) is 2.39. The molecule has 2 N–H and O–H groups in total. The van der Waals surface area contributed by atoms with Crippen LogP contribution in [0, 0.1) is 0 Å². The summed E-state index contributed by atoms with van der Waals surface area (Å²) in [5, 5.41) is 14.6. The van der Waals surface area contributed by atoms with Crippen LogP contribution in [-0.2, 0) is 4.79 Å². The fraction of sp³-hybridized carbons (Fsp3) is 0.267. The Morgan fingerprint density at radius 1 is 1.22 bits per heavy atom. The Bertz CT molecular complexity index is 574. The number of carboxylic acid groups (broad SMARTS) is 1. The zero-order valence-electron chi connectivity index (χ0n) is 10.6. The number of hydrogen-bond acceptors (Lipinski definition) is 2. The number of anilines is 1. The highest BCUT2D eigenvalue weighted by molar-refractivity contribution is 5.96. The van der Waals surface area contributed by atoms with Crippen molar-refractivity contribution in [1.82, 2.24) is 0 Å². The molecule has 0 amide bonds. The molecule has 18 heavy (non-hydrogen) atoms. The zero-order chi connectivity index (χ0) is 13.2. The van der Waals surface area contributed by atoms with Gasteiger partial charge in [-0.25, -0.2) is 4.79 Å². The Morgan fingerprint density at radius 2 is 1.89 bits per heavy atom. The number of nitrogens with one attached hydrogen (secondary N) is 1. The summed E-state index contributed by atoms with van der Waals surface area (Å²) in [6.45, 7) is 3.57. The van der Waals surface area contributed by atoms with Crippen LogP contribution in [0.4, 0.5) is 5.69 Å². The van der Waals surface area contributed by atoms with Gasteiger partial charge in [-0.2, -0.15) is 0 Å². The molecule has 0 saturated heterocycles. The van der Waals surface area contributed by atoms with Crippen LogP contribution >= 0.6 is 0 Å². The molecule has 0 saturated carbocycles. The normalized spacial score (nSPS) is 14.1. The highest BCUT2D eigenvalue weighted by Gasteiger charge is 2.31. The standard InChI is InChI=1S/C15H17NO2/c1-3-15(2,14(17)18)16-13-10-6-8-11-7-4-5-9-12(11)13/h4-10,16H,3H2,1-2H3,(H,17,18). The van der Waals surface area contributed by atoms with Crippen LogP contribution in [0.25, 0.3) is 10.8 Å². The summed E-state index contributed by atoms with van der Waals surface area (Å²) >= 11 is 0. The van der Waals surface area contributed by atoms with Crippen molar-refractivity contribution >= 4 is 22.4 Å². The summed E-state index contributed by atoms with van der Waals surface area (Å²) in [6.07, 6.45) is 0.519. The number of rotatable bonds is 4. The Kier molecular flexibility index (Phi) is 3.24. The van der Waals surface area contributed by atoms with E-state index in [4.69, 9.17) is 0 Å². The molecule has 0 spiro atoms. The van der Waals surface area contributed by atoms with Crippen molar-refractivity contribution in [3.8, 4) is 0 Å². The Balaban J connectivity index is 2.46. The van der Waals surface area contributed by atoms with Crippen LogP contribution in [0.3, 0.4) is 0 Å². The van der Waals surface area contributed by atoms with E-state index in [2.05, 4.69) is 5.32 Å². The smallest absolute Gasteiger partial charge is 0.329 e. The van der Waals surface area contributed by atoms with E-state index in [-0.39, 0.29) is 0 Å². The Morgan fingerprint density at radius 3 is 2.56 bits per heavy atom. The monoisotopic (exact) mass is 243 g/mol. The summed E-state index contributed by atoms with van der Waals surface area (Å²) in [6, 6.07) is 13.8. The van der Waals surface area contributed by atoms with Crippen LogP contribution in [0.15, 0.2) is 42.5 Å². The van der Waals surface area contributed by atoms with Crippen molar-refractivity contribution in [2.45, 2.75) is 25.8 Å². The van der Waals surface area contributed by atoms with Crippen molar-refractivity contribution in [2.75, 3.05) is 5.32 Å². The minimum absolute atomic E-state index is 0.519. The van der Waals surface area contributed by atoms with Crippen LogP contribution in [0.2, 0.25) is 0 Å². The molecule has 0 aliphatic rings. The molecule has 1 unspecified atom stereocenters. The van der Waals surface area contributed by atoms with Crippen molar-refractivity contribution in [1.29, 1.82) is 0 Å². The third kappa shape index (κ3) is 2.16. The van der Waals surface area contributed by atoms with Crippen LogP contribution in [0.1, 0.15) is 20.3 Å². The average molecular weight is 243 g/mol. The van der Waals surface area contributed by atoms with Gasteiger partial charge in [0.2, 0.25) is 0 Å². The van der Waals surface area contributed by atoms with Crippen molar-refractivity contribution in [2.24, 2.45) is 0 Å². The molecular weight excluding hydrogens is 226 g/mol. The lowest BCUT2D eigenvalue weighted by Gasteiger charge is -2.26. The van der Waals surface area contributed by atoms with Gasteiger partial charge in [0, 0.05) is 11.1 Å². The van der Waals surface area contributed by atoms with E-state index in [0.29, 0.717) is 6.42 Å². The first-order valence-corrected chi connectivity index (χ1v) is 6.06. The lowest BCUT2D eigenvalue weighted by Crippen LogP contribution is -2.42. The summed E-state index contributed by atoms with van der Waals surface area (Å²) in [7, 11) is 0. The van der Waals surface area contributed by atoms with Crippen molar-refractivity contribution < 1.29 is 9.90 Å². The van der Waals surface area contributed by atoms with Gasteiger partial charge in [0.1, 0.15) is 5.54 Å². The number of fused-ring (bicyclic) bond motifs is 1. The van der Waals surface area contributed by atoms with Crippen molar-refractivity contribution in [3.63, 3.8) is 0 Å². The number of aliphatic carboxylic acids is 1. The molecule has 0 fully saturated rings. The maximum absolute atomic E-state index is 11.3. The predicted octanol–water partition coefficient (Wildman–Crippen LogP) is 3.51. The SMILES string of the molecule is CCC(C)(Nc1cccc2ccccc12)C(=O)O. The van der Waals surface area contributed by atoms with Gasteiger partial charge in [0.05, 0.1) is 0 Å². The molecular formula is C15H17NO2. The van der Waals surface area contributed by atoms with Crippen LogP contribution in [-0.4, -0.2) is 16.6 Å². The quantitative estimate of drug-likeness (QED) is 0.864. The van der Waals surface area contributed by atoms with Gasteiger partial charge < -0.3 is 10.4 Å². The molecule has 94 valence electrons. The molecule has 0 radical (unpaired) electrons. The molecule has 1 atom stereocenters. The second-order valence-corrected chi connectivity index (χ2v) is 4.64. The second kappa shape index (κ2) is 4.69. The molecule has 0 heterocycles. The third-order valence-corrected chi connectivity index (χ3v) is 3.38. The summed E-state index contributed by atoms with van der Waals surface area (Å²) < 4.78 is 0. The summed E-state index contributed by atoms with van der Waals surface area (Å²) in [5.41, 5.74) is -0.0794. The molecule has 2 aromatic rings. The highest BCUT2D eigenvalue weighted by atomic mass is 16.4. The number of benzene rings is 2. The molecule has 0 aromatic heterocycles. The second-order valence-electron chi connectivity index (χ2n) is 4.64. The highest BCUT2D eigenvalue weighted by Crippen LogP contribution is 2.27. The van der Waals surface area contributed by atoms with Crippen LogP contribution in [0.5, 0.6) is 0 Å². The van der Waals surface area contributed by atoms with E-state index in [1.807, 2.05) is 49.4 Å². The summed E-state index contributed by atoms with van der Waals surface area (Å²) in [5.74, 6) is -0.835. The first-order valence-electron chi connectivity index (χ1n) is 6.06. The largest absolute Gasteiger partial charge is 0.480 e. The van der Waals surface area contributed by atoms with E-state index in [1.54, 1.807) is 6.92 Å². The van der Waals surface area contributed by atoms with E-state index >= 15 is 0 Å². The molecule has 0 aliphatic heterocycles. The molecule has 0 bridgehead atoms. The van der Waals surface area contributed by atoms with Gasteiger partial charge in [-0.05, 0) is 24.8 Å². The fourth-order valence-electron chi connectivity index (χ4n) is 1.92. The third-order valence-electron chi connectivity index (χ3n) is 3.38. The minimum atomic E-state index is -0.940. The Labute approximate surface area is 106 Å². The molecule has 0 aliphatic carbocycles. The van der Waals surface area contributed by atoms with E-state index in [0.717, 1.165) is 16.5 Å². The van der Waals surface area contributed by atoms with E-state index in [9.17, 15) is 9.90 Å². The van der Waals surface area contributed by atoms with Gasteiger partial charge in [0.25, 0.3) is 0 Å². The van der Waals surface area contributed by atoms with Crippen LogP contribution < -0.4 is 5.32 Å². The molecule has 3 heteroatoms. The van der Waals surface area contributed by atoms with E-state index in [1.165, 1.54) is 0 Å². The maximum atomic E-state index is 11.3. The van der Waals surface area contributed by atoms with E-state index < -0.39 is 11.5 Å².